The number of amides is 3. The molecule has 4 aliphatic rings. The standard InChI is InChI=1S/C31H50N4O6/c1-6-11-33(12-7-2)27(37)24-25-28(38)35(14-9-10-19-36)26(31(25)22-23(4)30(24,5)41-31)29(39)34(13-8-3)16-15-32-17-20-40-21-18-32/h6,8,23-26,36H,1,3,7,9-22H2,2,4-5H3/t23?,24-,25+,26?,30+,31?/m1/s1. The van der Waals surface area contributed by atoms with Gasteiger partial charge in [0, 0.05) is 59.0 Å². The van der Waals surface area contributed by atoms with Gasteiger partial charge in [0.15, 0.2) is 0 Å². The first-order valence-corrected chi connectivity index (χ1v) is 15.4. The second kappa shape index (κ2) is 13.4. The number of aliphatic hydroxyl groups is 1. The topological polar surface area (TPSA) is 103 Å². The molecular weight excluding hydrogens is 524 g/mol. The third-order valence-electron chi connectivity index (χ3n) is 9.73. The van der Waals surface area contributed by atoms with E-state index >= 15 is 0 Å². The summed E-state index contributed by atoms with van der Waals surface area (Å²) in [7, 11) is 0. The monoisotopic (exact) mass is 574 g/mol. The molecular formula is C31H50N4O6. The first-order chi connectivity index (χ1) is 19.7. The predicted molar refractivity (Wildman–Crippen MR) is 156 cm³/mol. The molecule has 4 saturated heterocycles. The van der Waals surface area contributed by atoms with Gasteiger partial charge in [-0.25, -0.2) is 0 Å². The highest BCUT2D eigenvalue weighted by molar-refractivity contribution is 5.99. The molecule has 10 heteroatoms. The number of fused-ring (bicyclic) bond motifs is 1. The minimum atomic E-state index is -1.08. The first-order valence-electron chi connectivity index (χ1n) is 15.4. The first kappa shape index (κ1) is 31.7. The molecule has 2 bridgehead atoms. The number of unbranched alkanes of at least 4 members (excludes halogenated alkanes) is 1. The van der Waals surface area contributed by atoms with Crippen LogP contribution in [0.15, 0.2) is 25.3 Å². The summed E-state index contributed by atoms with van der Waals surface area (Å²) < 4.78 is 12.4. The van der Waals surface area contributed by atoms with Gasteiger partial charge >= 0.3 is 0 Å². The Labute approximate surface area is 245 Å². The number of nitrogens with zero attached hydrogens (tertiary/aromatic N) is 4. The van der Waals surface area contributed by atoms with E-state index in [4.69, 9.17) is 9.47 Å². The maximum absolute atomic E-state index is 14.6. The van der Waals surface area contributed by atoms with Crippen LogP contribution in [0.4, 0.5) is 0 Å². The molecule has 4 heterocycles. The quantitative estimate of drug-likeness (QED) is 0.234. The molecule has 230 valence electrons. The van der Waals surface area contributed by atoms with Crippen LogP contribution < -0.4 is 0 Å². The Kier molecular flexibility index (Phi) is 10.3. The second-order valence-corrected chi connectivity index (χ2v) is 12.3. The normalized spacial score (nSPS) is 32.7. The molecule has 4 fully saturated rings. The summed E-state index contributed by atoms with van der Waals surface area (Å²) in [5.41, 5.74) is -1.93. The predicted octanol–water partition coefficient (Wildman–Crippen LogP) is 1.54. The molecule has 10 nitrogen and oxygen atoms in total. The third kappa shape index (κ3) is 5.72. The van der Waals surface area contributed by atoms with E-state index in [1.165, 1.54) is 0 Å². The zero-order valence-corrected chi connectivity index (χ0v) is 25.3. The van der Waals surface area contributed by atoms with Crippen molar-refractivity contribution in [3.05, 3.63) is 25.3 Å². The lowest BCUT2D eigenvalue weighted by molar-refractivity contribution is -0.155. The molecule has 0 aromatic rings. The Morgan fingerprint density at radius 2 is 1.73 bits per heavy atom. The number of likely N-dealkylation sites (tertiary alicyclic amines) is 1. The molecule has 1 N–H and O–H groups in total. The van der Waals surface area contributed by atoms with Gasteiger partial charge in [-0.2, -0.15) is 0 Å². The van der Waals surface area contributed by atoms with Gasteiger partial charge in [-0.1, -0.05) is 26.0 Å². The van der Waals surface area contributed by atoms with E-state index < -0.39 is 29.1 Å². The summed E-state index contributed by atoms with van der Waals surface area (Å²) in [5, 5.41) is 9.46. The zero-order chi connectivity index (χ0) is 29.8. The van der Waals surface area contributed by atoms with Gasteiger partial charge < -0.3 is 29.3 Å². The van der Waals surface area contributed by atoms with Gasteiger partial charge in [-0.3, -0.25) is 19.3 Å². The molecule has 3 unspecified atom stereocenters. The summed E-state index contributed by atoms with van der Waals surface area (Å²) in [6, 6.07) is -0.829. The van der Waals surface area contributed by atoms with E-state index in [0.717, 1.165) is 19.5 Å². The Hall–Kier alpha value is -2.27. The largest absolute Gasteiger partial charge is 0.396 e. The van der Waals surface area contributed by atoms with Crippen molar-refractivity contribution in [3.63, 3.8) is 0 Å². The van der Waals surface area contributed by atoms with Crippen molar-refractivity contribution in [2.45, 2.75) is 63.7 Å². The van der Waals surface area contributed by atoms with Crippen LogP contribution in [0.2, 0.25) is 0 Å². The lowest BCUT2D eigenvalue weighted by atomic mass is 9.62. The summed E-state index contributed by atoms with van der Waals surface area (Å²) in [6.07, 6.45) is 5.86. The average Bonchev–Trinajstić information content (AvgIpc) is 3.47. The van der Waals surface area contributed by atoms with E-state index in [-0.39, 0.29) is 30.2 Å². The highest BCUT2D eigenvalue weighted by atomic mass is 16.5. The number of morpholine rings is 1. The number of ether oxygens (including phenoxy) is 2. The molecule has 6 atom stereocenters. The lowest BCUT2D eigenvalue weighted by Gasteiger charge is -2.39. The molecule has 0 radical (unpaired) electrons. The fourth-order valence-corrected chi connectivity index (χ4v) is 7.65. The molecule has 0 aliphatic carbocycles. The summed E-state index contributed by atoms with van der Waals surface area (Å²) in [5.74, 6) is -1.85. The van der Waals surface area contributed by atoms with Gasteiger partial charge in [0.1, 0.15) is 11.6 Å². The fourth-order valence-electron chi connectivity index (χ4n) is 7.65. The van der Waals surface area contributed by atoms with E-state index in [2.05, 4.69) is 25.0 Å². The average molecular weight is 575 g/mol. The summed E-state index contributed by atoms with van der Waals surface area (Å²) in [6.45, 7) is 19.7. The fraction of sp³-hybridized carbons (Fsp3) is 0.774. The molecule has 0 aromatic carbocycles. The van der Waals surface area contributed by atoms with Crippen LogP contribution in [-0.4, -0.2) is 132 Å². The van der Waals surface area contributed by atoms with Crippen LogP contribution >= 0.6 is 0 Å². The van der Waals surface area contributed by atoms with E-state index in [1.807, 2.05) is 13.8 Å². The van der Waals surface area contributed by atoms with E-state index in [0.29, 0.717) is 71.7 Å². The van der Waals surface area contributed by atoms with Crippen molar-refractivity contribution in [2.75, 3.05) is 72.2 Å². The molecule has 1 spiro atoms. The van der Waals surface area contributed by atoms with Crippen molar-refractivity contribution in [3.8, 4) is 0 Å². The summed E-state index contributed by atoms with van der Waals surface area (Å²) in [4.78, 5) is 50.6. The smallest absolute Gasteiger partial charge is 0.248 e. The Balaban J connectivity index is 1.70. The molecule has 4 rings (SSSR count). The van der Waals surface area contributed by atoms with E-state index in [1.54, 1.807) is 26.9 Å². The zero-order valence-electron chi connectivity index (χ0n) is 25.3. The second-order valence-electron chi connectivity index (χ2n) is 12.3. The van der Waals surface area contributed by atoms with Gasteiger partial charge in [0.25, 0.3) is 0 Å². The van der Waals surface area contributed by atoms with Gasteiger partial charge in [-0.15, -0.1) is 13.2 Å². The van der Waals surface area contributed by atoms with Crippen molar-refractivity contribution in [1.82, 2.24) is 19.6 Å². The Morgan fingerprint density at radius 1 is 1.07 bits per heavy atom. The highest BCUT2D eigenvalue weighted by Gasteiger charge is 2.80. The Bertz CT molecular complexity index is 986. The maximum atomic E-state index is 14.6. The minimum absolute atomic E-state index is 0.0115. The SMILES string of the molecule is C=CCN(CCN1CCOCC1)C(=O)C1N(CCCCO)C(=O)[C@@H]2[C@H](C(=O)N(CC=C)CCC)[C@@]3(C)OC12CC3C. The van der Waals surface area contributed by atoms with Gasteiger partial charge in [0.2, 0.25) is 17.7 Å². The van der Waals surface area contributed by atoms with Crippen LogP contribution in [0, 0.1) is 17.8 Å². The number of rotatable bonds is 15. The van der Waals surface area contributed by atoms with E-state index in [9.17, 15) is 19.5 Å². The van der Waals surface area contributed by atoms with Gasteiger partial charge in [0.05, 0.1) is 30.7 Å². The minimum Gasteiger partial charge on any atom is -0.396 e. The molecule has 4 aliphatic heterocycles. The Morgan fingerprint density at radius 3 is 2.34 bits per heavy atom. The summed E-state index contributed by atoms with van der Waals surface area (Å²) >= 11 is 0. The van der Waals surface area contributed by atoms with Crippen molar-refractivity contribution < 1.29 is 29.0 Å². The molecule has 3 amide bonds. The van der Waals surface area contributed by atoms with Crippen molar-refractivity contribution in [2.24, 2.45) is 17.8 Å². The number of aliphatic hydroxyl groups excluding tert-OH is 1. The lowest BCUT2D eigenvalue weighted by Crippen LogP contribution is -2.57. The number of hydrogen-bond acceptors (Lipinski definition) is 7. The molecule has 41 heavy (non-hydrogen) atoms. The van der Waals surface area contributed by atoms with Crippen LogP contribution in [0.3, 0.4) is 0 Å². The third-order valence-corrected chi connectivity index (χ3v) is 9.73. The van der Waals surface area contributed by atoms with Crippen LogP contribution in [0.25, 0.3) is 0 Å². The number of carbonyl (C=O) groups is 3. The number of carbonyl (C=O) groups excluding carboxylic acids is 3. The maximum Gasteiger partial charge on any atom is 0.248 e. The molecule has 0 saturated carbocycles. The van der Waals surface area contributed by atoms with Crippen LogP contribution in [0.5, 0.6) is 0 Å². The van der Waals surface area contributed by atoms with Crippen molar-refractivity contribution >= 4 is 17.7 Å². The van der Waals surface area contributed by atoms with Crippen LogP contribution in [-0.2, 0) is 23.9 Å². The number of hydrogen-bond donors (Lipinski definition) is 1. The van der Waals surface area contributed by atoms with Crippen molar-refractivity contribution in [1.29, 1.82) is 0 Å². The molecule has 0 aromatic heterocycles. The van der Waals surface area contributed by atoms with Crippen LogP contribution in [0.1, 0.15) is 46.5 Å². The highest BCUT2D eigenvalue weighted by Crippen LogP contribution is 2.65. The van der Waals surface area contributed by atoms with Gasteiger partial charge in [-0.05, 0) is 38.5 Å².